The highest BCUT2D eigenvalue weighted by Crippen LogP contribution is 2.14. The summed E-state index contributed by atoms with van der Waals surface area (Å²) in [5, 5.41) is 10.7. The highest BCUT2D eigenvalue weighted by molar-refractivity contribution is 7.13. The van der Waals surface area contributed by atoms with Crippen LogP contribution in [0.25, 0.3) is 0 Å². The van der Waals surface area contributed by atoms with Crippen molar-refractivity contribution in [1.82, 2.24) is 9.88 Å². The molecule has 0 bridgehead atoms. The number of rotatable bonds is 4. The van der Waals surface area contributed by atoms with E-state index in [4.69, 9.17) is 10.8 Å². The molecule has 0 aliphatic carbocycles. The number of thiazole rings is 1. The predicted octanol–water partition coefficient (Wildman–Crippen LogP) is 0.661. The summed E-state index contributed by atoms with van der Waals surface area (Å²) in [7, 11) is 1.44. The van der Waals surface area contributed by atoms with Crippen LogP contribution in [-0.4, -0.2) is 40.0 Å². The van der Waals surface area contributed by atoms with Crippen LogP contribution in [0, 0.1) is 0 Å². The number of aromatic nitrogens is 1. The number of likely N-dealkylation sites (N-methyl/N-ethyl adjacent to an activating group) is 1. The highest BCUT2D eigenvalue weighted by atomic mass is 32.1. The van der Waals surface area contributed by atoms with Gasteiger partial charge in [0.25, 0.3) is 5.91 Å². The number of aliphatic carboxylic acids is 1. The van der Waals surface area contributed by atoms with Crippen LogP contribution in [0.15, 0.2) is 5.38 Å². The Labute approximate surface area is 96.7 Å². The molecule has 16 heavy (non-hydrogen) atoms. The van der Waals surface area contributed by atoms with Gasteiger partial charge in [-0.25, -0.2) is 9.78 Å². The molecule has 0 aliphatic heterocycles. The molecule has 0 aliphatic rings. The minimum atomic E-state index is -1.03. The Hall–Kier alpha value is -1.63. The van der Waals surface area contributed by atoms with E-state index in [0.29, 0.717) is 11.6 Å². The molecular formula is C9H13N3O3S. The quantitative estimate of drug-likeness (QED) is 0.809. The van der Waals surface area contributed by atoms with Gasteiger partial charge in [-0.3, -0.25) is 4.79 Å². The van der Waals surface area contributed by atoms with Gasteiger partial charge in [0.15, 0.2) is 5.13 Å². The van der Waals surface area contributed by atoms with Crippen LogP contribution in [0.4, 0.5) is 5.13 Å². The van der Waals surface area contributed by atoms with Crippen LogP contribution in [0.5, 0.6) is 0 Å². The maximum Gasteiger partial charge on any atom is 0.326 e. The molecule has 88 valence electrons. The van der Waals surface area contributed by atoms with Gasteiger partial charge in [-0.2, -0.15) is 0 Å². The number of carboxylic acid groups (broad SMARTS) is 1. The van der Waals surface area contributed by atoms with Crippen molar-refractivity contribution in [2.45, 2.75) is 19.4 Å². The SMILES string of the molecule is CCC(C(=O)O)N(C)C(=O)c1csc(N)n1. The van der Waals surface area contributed by atoms with Crippen LogP contribution < -0.4 is 5.73 Å². The van der Waals surface area contributed by atoms with E-state index in [1.54, 1.807) is 6.92 Å². The fourth-order valence-corrected chi connectivity index (χ4v) is 1.86. The summed E-state index contributed by atoms with van der Waals surface area (Å²) in [5.41, 5.74) is 5.59. The standard InChI is InChI=1S/C9H13N3O3S/c1-3-6(8(14)15)12(2)7(13)5-4-16-9(10)11-5/h4,6H,3H2,1-2H3,(H2,10,11)(H,14,15). The van der Waals surface area contributed by atoms with Crippen molar-refractivity contribution in [2.75, 3.05) is 12.8 Å². The Balaban J connectivity index is 2.85. The number of anilines is 1. The monoisotopic (exact) mass is 243 g/mol. The normalized spacial score (nSPS) is 12.1. The Morgan fingerprint density at radius 1 is 1.69 bits per heavy atom. The van der Waals surface area contributed by atoms with Crippen LogP contribution in [0.1, 0.15) is 23.8 Å². The second kappa shape index (κ2) is 4.93. The Morgan fingerprint density at radius 2 is 2.31 bits per heavy atom. The average molecular weight is 243 g/mol. The summed E-state index contributed by atoms with van der Waals surface area (Å²) in [5.74, 6) is -1.45. The zero-order valence-electron chi connectivity index (χ0n) is 9.01. The first kappa shape index (κ1) is 12.4. The maximum absolute atomic E-state index is 11.8. The third-order valence-electron chi connectivity index (χ3n) is 2.20. The van der Waals surface area contributed by atoms with E-state index in [-0.39, 0.29) is 5.69 Å². The van der Waals surface area contributed by atoms with Gasteiger partial charge in [0, 0.05) is 12.4 Å². The zero-order valence-corrected chi connectivity index (χ0v) is 9.82. The lowest BCUT2D eigenvalue weighted by Gasteiger charge is -2.22. The molecule has 1 aromatic heterocycles. The first-order valence-electron chi connectivity index (χ1n) is 4.68. The topological polar surface area (TPSA) is 96.5 Å². The molecule has 1 amide bonds. The van der Waals surface area contributed by atoms with Crippen molar-refractivity contribution < 1.29 is 14.7 Å². The van der Waals surface area contributed by atoms with Gasteiger partial charge in [-0.15, -0.1) is 11.3 Å². The van der Waals surface area contributed by atoms with Gasteiger partial charge in [0.2, 0.25) is 0 Å². The molecule has 1 aromatic rings. The van der Waals surface area contributed by atoms with Gasteiger partial charge in [-0.05, 0) is 6.42 Å². The van der Waals surface area contributed by atoms with Gasteiger partial charge in [-0.1, -0.05) is 6.92 Å². The summed E-state index contributed by atoms with van der Waals surface area (Å²) in [4.78, 5) is 27.7. The second-order valence-corrected chi connectivity index (χ2v) is 4.14. The summed E-state index contributed by atoms with van der Waals surface area (Å²) in [6.07, 6.45) is 0.344. The van der Waals surface area contributed by atoms with Crippen LogP contribution in [0.2, 0.25) is 0 Å². The fourth-order valence-electron chi connectivity index (χ4n) is 1.32. The van der Waals surface area contributed by atoms with Crippen LogP contribution in [0.3, 0.4) is 0 Å². The van der Waals surface area contributed by atoms with E-state index < -0.39 is 17.9 Å². The molecule has 3 N–H and O–H groups in total. The van der Waals surface area contributed by atoms with Crippen LogP contribution >= 0.6 is 11.3 Å². The molecule has 0 spiro atoms. The molecule has 7 heteroatoms. The number of nitrogens with two attached hydrogens (primary N) is 1. The molecule has 0 saturated carbocycles. The number of carbonyl (C=O) groups excluding carboxylic acids is 1. The van der Waals surface area contributed by atoms with E-state index in [1.807, 2.05) is 0 Å². The molecular weight excluding hydrogens is 230 g/mol. The summed E-state index contributed by atoms with van der Waals surface area (Å²) in [6.45, 7) is 1.71. The van der Waals surface area contributed by atoms with Crippen molar-refractivity contribution in [3.63, 3.8) is 0 Å². The number of nitrogens with zero attached hydrogens (tertiary/aromatic N) is 2. The number of carbonyl (C=O) groups is 2. The van der Waals surface area contributed by atoms with Crippen LogP contribution in [-0.2, 0) is 4.79 Å². The minimum absolute atomic E-state index is 0.185. The third kappa shape index (κ3) is 2.48. The lowest BCUT2D eigenvalue weighted by molar-refractivity contribution is -0.142. The summed E-state index contributed by atoms with van der Waals surface area (Å²) in [6, 6.07) is -0.838. The lowest BCUT2D eigenvalue weighted by Crippen LogP contribution is -2.42. The van der Waals surface area contributed by atoms with Gasteiger partial charge in [0.1, 0.15) is 11.7 Å². The number of amides is 1. The number of nitrogen functional groups attached to an aromatic ring is 1. The molecule has 1 heterocycles. The third-order valence-corrected chi connectivity index (χ3v) is 2.87. The van der Waals surface area contributed by atoms with E-state index in [9.17, 15) is 9.59 Å². The smallest absolute Gasteiger partial charge is 0.326 e. The lowest BCUT2D eigenvalue weighted by atomic mass is 10.2. The summed E-state index contributed by atoms with van der Waals surface area (Å²) >= 11 is 1.15. The van der Waals surface area contributed by atoms with Crippen molar-refractivity contribution in [2.24, 2.45) is 0 Å². The Morgan fingerprint density at radius 3 is 2.69 bits per heavy atom. The first-order chi connectivity index (χ1) is 7.47. The van der Waals surface area contributed by atoms with E-state index >= 15 is 0 Å². The van der Waals surface area contributed by atoms with E-state index in [2.05, 4.69) is 4.98 Å². The predicted molar refractivity (Wildman–Crippen MR) is 60.3 cm³/mol. The highest BCUT2D eigenvalue weighted by Gasteiger charge is 2.26. The van der Waals surface area contributed by atoms with E-state index in [0.717, 1.165) is 16.2 Å². The fraction of sp³-hybridized carbons (Fsp3) is 0.444. The van der Waals surface area contributed by atoms with E-state index in [1.165, 1.54) is 12.4 Å². The van der Waals surface area contributed by atoms with Crippen molar-refractivity contribution in [3.8, 4) is 0 Å². The molecule has 1 atom stereocenters. The Kier molecular flexibility index (Phi) is 3.83. The molecule has 1 rings (SSSR count). The van der Waals surface area contributed by atoms with Crippen molar-refractivity contribution in [1.29, 1.82) is 0 Å². The van der Waals surface area contributed by atoms with Crippen molar-refractivity contribution >= 4 is 28.3 Å². The molecule has 0 saturated heterocycles. The second-order valence-electron chi connectivity index (χ2n) is 3.25. The first-order valence-corrected chi connectivity index (χ1v) is 5.56. The Bertz CT molecular complexity index is 404. The summed E-state index contributed by atoms with van der Waals surface area (Å²) < 4.78 is 0. The van der Waals surface area contributed by atoms with Gasteiger partial charge in [0.05, 0.1) is 0 Å². The maximum atomic E-state index is 11.8. The van der Waals surface area contributed by atoms with Crippen molar-refractivity contribution in [3.05, 3.63) is 11.1 Å². The number of carboxylic acids is 1. The molecule has 0 aromatic carbocycles. The zero-order chi connectivity index (χ0) is 12.3. The molecule has 1 unspecified atom stereocenters. The number of hydrogen-bond acceptors (Lipinski definition) is 5. The molecule has 0 fully saturated rings. The number of hydrogen-bond donors (Lipinski definition) is 2. The van der Waals surface area contributed by atoms with Gasteiger partial charge >= 0.3 is 5.97 Å². The average Bonchev–Trinajstić information content (AvgIpc) is 2.64. The molecule has 6 nitrogen and oxygen atoms in total. The van der Waals surface area contributed by atoms with Gasteiger partial charge < -0.3 is 15.7 Å². The minimum Gasteiger partial charge on any atom is -0.480 e. The molecule has 0 radical (unpaired) electrons. The largest absolute Gasteiger partial charge is 0.480 e.